The molecule has 0 aliphatic carbocycles. The molecule has 132 valence electrons. The monoisotopic (exact) mass is 341 g/mol. The van der Waals surface area contributed by atoms with Crippen molar-refractivity contribution in [3.05, 3.63) is 53.7 Å². The van der Waals surface area contributed by atoms with E-state index in [1.54, 1.807) is 19.4 Å². The first kappa shape index (κ1) is 17.2. The van der Waals surface area contributed by atoms with Gasteiger partial charge in [-0.25, -0.2) is 4.98 Å². The van der Waals surface area contributed by atoms with Gasteiger partial charge in [-0.3, -0.25) is 4.79 Å². The van der Waals surface area contributed by atoms with Crippen LogP contribution in [0.15, 0.2) is 42.6 Å². The second kappa shape index (κ2) is 7.53. The summed E-state index contributed by atoms with van der Waals surface area (Å²) in [6.07, 6.45) is 1.79. The summed E-state index contributed by atoms with van der Waals surface area (Å²) in [4.78, 5) is 18.4. The van der Waals surface area contributed by atoms with Gasteiger partial charge in [0.05, 0.1) is 24.8 Å². The van der Waals surface area contributed by atoms with Crippen molar-refractivity contribution in [1.82, 2.24) is 10.3 Å². The van der Waals surface area contributed by atoms with Crippen molar-refractivity contribution >= 4 is 11.7 Å². The molecule has 0 radical (unpaired) electrons. The fourth-order valence-electron chi connectivity index (χ4n) is 3.18. The summed E-state index contributed by atoms with van der Waals surface area (Å²) in [5, 5.41) is 12.9. The lowest BCUT2D eigenvalue weighted by atomic mass is 10.0. The topological polar surface area (TPSA) is 74.7 Å². The van der Waals surface area contributed by atoms with Crippen LogP contribution in [0.4, 0.5) is 5.82 Å². The highest BCUT2D eigenvalue weighted by atomic mass is 16.5. The molecule has 1 fully saturated rings. The predicted octanol–water partition coefficient (Wildman–Crippen LogP) is 2.15. The number of β-amino-alcohol motifs (C(OH)–C–C–N with tert-alkyl or cyclic N) is 1. The standard InChI is InChI=1S/C19H23N3O3/c1-3-20-19(24)14-7-8-18(21-11-14)22-12-15(23)10-17(22)13-5-4-6-16(9-13)25-2/h4-9,11,15,17,23H,3,10,12H2,1-2H3,(H,20,24)/t15-,17-/m1/s1. The number of ether oxygens (including phenoxy) is 1. The van der Waals surface area contributed by atoms with Crippen molar-refractivity contribution in [2.45, 2.75) is 25.5 Å². The molecular weight excluding hydrogens is 318 g/mol. The minimum absolute atomic E-state index is 0.0212. The van der Waals surface area contributed by atoms with Gasteiger partial charge >= 0.3 is 0 Å². The van der Waals surface area contributed by atoms with E-state index in [0.717, 1.165) is 17.1 Å². The van der Waals surface area contributed by atoms with E-state index in [1.807, 2.05) is 37.3 Å². The maximum absolute atomic E-state index is 11.9. The van der Waals surface area contributed by atoms with E-state index in [-0.39, 0.29) is 11.9 Å². The van der Waals surface area contributed by atoms with E-state index in [1.165, 1.54) is 0 Å². The normalized spacial score (nSPS) is 19.7. The maximum Gasteiger partial charge on any atom is 0.252 e. The Morgan fingerprint density at radius 3 is 2.92 bits per heavy atom. The fourth-order valence-corrected chi connectivity index (χ4v) is 3.18. The molecule has 2 heterocycles. The van der Waals surface area contributed by atoms with Gasteiger partial charge in [0.1, 0.15) is 11.6 Å². The Morgan fingerprint density at radius 1 is 1.40 bits per heavy atom. The van der Waals surface area contributed by atoms with Crippen molar-refractivity contribution in [3.8, 4) is 5.75 Å². The van der Waals surface area contributed by atoms with Gasteiger partial charge in [-0.05, 0) is 43.2 Å². The van der Waals surface area contributed by atoms with Crippen LogP contribution in [0.25, 0.3) is 0 Å². The lowest BCUT2D eigenvalue weighted by molar-refractivity contribution is 0.0955. The SMILES string of the molecule is CCNC(=O)c1ccc(N2C[C@H](O)C[C@@H]2c2cccc(OC)c2)nc1. The summed E-state index contributed by atoms with van der Waals surface area (Å²) in [5.74, 6) is 1.41. The van der Waals surface area contributed by atoms with E-state index < -0.39 is 6.10 Å². The number of aromatic nitrogens is 1. The van der Waals surface area contributed by atoms with Gasteiger partial charge in [-0.2, -0.15) is 0 Å². The molecule has 3 rings (SSSR count). The second-order valence-electron chi connectivity index (χ2n) is 6.10. The van der Waals surface area contributed by atoms with E-state index in [4.69, 9.17) is 4.74 Å². The number of aliphatic hydroxyl groups is 1. The van der Waals surface area contributed by atoms with Gasteiger partial charge in [-0.1, -0.05) is 12.1 Å². The van der Waals surface area contributed by atoms with Crippen LogP contribution in [0.3, 0.4) is 0 Å². The number of pyridine rings is 1. The lowest BCUT2D eigenvalue weighted by Gasteiger charge is -2.26. The minimum atomic E-state index is -0.416. The minimum Gasteiger partial charge on any atom is -0.497 e. The Hall–Kier alpha value is -2.60. The van der Waals surface area contributed by atoms with Crippen LogP contribution >= 0.6 is 0 Å². The number of benzene rings is 1. The molecule has 0 saturated carbocycles. The largest absolute Gasteiger partial charge is 0.497 e. The number of amides is 1. The molecule has 1 amide bonds. The summed E-state index contributed by atoms with van der Waals surface area (Å²) in [6.45, 7) is 2.97. The third kappa shape index (κ3) is 3.74. The molecular formula is C19H23N3O3. The average molecular weight is 341 g/mol. The molecule has 1 aromatic heterocycles. The Balaban J connectivity index is 1.85. The summed E-state index contributed by atoms with van der Waals surface area (Å²) < 4.78 is 5.31. The van der Waals surface area contributed by atoms with E-state index in [2.05, 4.69) is 15.2 Å². The molecule has 0 unspecified atom stereocenters. The van der Waals surface area contributed by atoms with Gasteiger partial charge in [-0.15, -0.1) is 0 Å². The van der Waals surface area contributed by atoms with E-state index in [9.17, 15) is 9.90 Å². The smallest absolute Gasteiger partial charge is 0.252 e. The zero-order valence-corrected chi connectivity index (χ0v) is 14.5. The van der Waals surface area contributed by atoms with Gasteiger partial charge in [0.15, 0.2) is 0 Å². The maximum atomic E-state index is 11.9. The van der Waals surface area contributed by atoms with Crippen LogP contribution in [0.2, 0.25) is 0 Å². The Bertz CT molecular complexity index is 733. The molecule has 6 nitrogen and oxygen atoms in total. The highest BCUT2D eigenvalue weighted by Gasteiger charge is 2.33. The molecule has 2 atom stereocenters. The summed E-state index contributed by atoms with van der Waals surface area (Å²) in [5.41, 5.74) is 1.61. The number of hydrogen-bond donors (Lipinski definition) is 2. The Labute approximate surface area is 147 Å². The number of rotatable bonds is 5. The Kier molecular flexibility index (Phi) is 5.19. The van der Waals surface area contributed by atoms with Gasteiger partial charge in [0.25, 0.3) is 5.91 Å². The molecule has 1 aliphatic rings. The highest BCUT2D eigenvalue weighted by molar-refractivity contribution is 5.94. The second-order valence-corrected chi connectivity index (χ2v) is 6.10. The van der Waals surface area contributed by atoms with Crippen molar-refractivity contribution in [1.29, 1.82) is 0 Å². The van der Waals surface area contributed by atoms with Crippen molar-refractivity contribution in [3.63, 3.8) is 0 Å². The molecule has 6 heteroatoms. The molecule has 2 N–H and O–H groups in total. The van der Waals surface area contributed by atoms with Crippen molar-refractivity contribution in [2.24, 2.45) is 0 Å². The Morgan fingerprint density at radius 2 is 2.24 bits per heavy atom. The zero-order chi connectivity index (χ0) is 17.8. The number of carbonyl (C=O) groups excluding carboxylic acids is 1. The van der Waals surface area contributed by atoms with Crippen LogP contribution < -0.4 is 15.0 Å². The molecule has 25 heavy (non-hydrogen) atoms. The number of hydrogen-bond acceptors (Lipinski definition) is 5. The van der Waals surface area contributed by atoms with Gasteiger partial charge in [0.2, 0.25) is 0 Å². The molecule has 0 spiro atoms. The molecule has 2 aromatic rings. The number of aliphatic hydroxyl groups excluding tert-OH is 1. The molecule has 1 aromatic carbocycles. The van der Waals surface area contributed by atoms with Crippen LogP contribution in [-0.4, -0.2) is 42.3 Å². The van der Waals surface area contributed by atoms with Gasteiger partial charge in [0, 0.05) is 19.3 Å². The highest BCUT2D eigenvalue weighted by Crippen LogP contribution is 2.36. The van der Waals surface area contributed by atoms with Crippen LogP contribution in [0.1, 0.15) is 35.3 Å². The summed E-state index contributed by atoms with van der Waals surface area (Å²) in [7, 11) is 1.64. The van der Waals surface area contributed by atoms with Crippen LogP contribution in [0, 0.1) is 0 Å². The average Bonchev–Trinajstić information content (AvgIpc) is 3.04. The van der Waals surface area contributed by atoms with E-state index >= 15 is 0 Å². The quantitative estimate of drug-likeness (QED) is 0.872. The fraction of sp³-hybridized carbons (Fsp3) is 0.368. The van der Waals surface area contributed by atoms with Crippen molar-refractivity contribution in [2.75, 3.05) is 25.1 Å². The molecule has 1 saturated heterocycles. The third-order valence-electron chi connectivity index (χ3n) is 4.40. The number of anilines is 1. The number of carbonyl (C=O) groups is 1. The number of methoxy groups -OCH3 is 1. The molecule has 1 aliphatic heterocycles. The molecule has 0 bridgehead atoms. The zero-order valence-electron chi connectivity index (χ0n) is 14.5. The first-order valence-corrected chi connectivity index (χ1v) is 8.45. The van der Waals surface area contributed by atoms with Crippen LogP contribution in [0.5, 0.6) is 5.75 Å². The van der Waals surface area contributed by atoms with E-state index in [0.29, 0.717) is 25.1 Å². The third-order valence-corrected chi connectivity index (χ3v) is 4.40. The number of nitrogens with zero attached hydrogens (tertiary/aromatic N) is 2. The first-order valence-electron chi connectivity index (χ1n) is 8.45. The van der Waals surface area contributed by atoms with Gasteiger partial charge < -0.3 is 20.1 Å². The lowest BCUT2D eigenvalue weighted by Crippen LogP contribution is -2.26. The number of nitrogens with one attached hydrogen (secondary N) is 1. The predicted molar refractivity (Wildman–Crippen MR) is 95.9 cm³/mol. The van der Waals surface area contributed by atoms with Crippen LogP contribution in [-0.2, 0) is 0 Å². The summed E-state index contributed by atoms with van der Waals surface area (Å²) >= 11 is 0. The summed E-state index contributed by atoms with van der Waals surface area (Å²) in [6, 6.07) is 11.5. The first-order chi connectivity index (χ1) is 12.1. The van der Waals surface area contributed by atoms with Crippen molar-refractivity contribution < 1.29 is 14.6 Å².